The van der Waals surface area contributed by atoms with Crippen LogP contribution in [0, 0.1) is 0 Å². The van der Waals surface area contributed by atoms with E-state index >= 15 is 0 Å². The Morgan fingerprint density at radius 3 is 2.21 bits per heavy atom. The van der Waals surface area contributed by atoms with Crippen molar-refractivity contribution in [3.05, 3.63) is 64.7 Å². The minimum absolute atomic E-state index is 0.132. The minimum Gasteiger partial charge on any atom is -0.489 e. The van der Waals surface area contributed by atoms with Crippen LogP contribution in [0.2, 0.25) is 5.02 Å². The lowest BCUT2D eigenvalue weighted by Crippen LogP contribution is -2.58. The Balaban J connectivity index is 2.01. The van der Waals surface area contributed by atoms with Crippen LogP contribution in [0.15, 0.2) is 53.6 Å². The van der Waals surface area contributed by atoms with Crippen LogP contribution < -0.4 is 10.2 Å². The standard InChI is InChI=1S/C17H12ClF7N2O/c18-13-6-4-11(5-7-13)10-28-14-3-1-2-12(8-14)9-26-27-17(24,25)15(19,20)16(21,22)23/h1-9,27H,10H2/b26-9-. The number of hydrogen-bond acceptors (Lipinski definition) is 3. The van der Waals surface area contributed by atoms with Crippen molar-refractivity contribution in [3.8, 4) is 5.75 Å². The third-order valence-corrected chi connectivity index (χ3v) is 3.60. The van der Waals surface area contributed by atoms with E-state index in [9.17, 15) is 30.7 Å². The summed E-state index contributed by atoms with van der Waals surface area (Å²) in [6, 6.07) is 6.83. The zero-order valence-corrected chi connectivity index (χ0v) is 14.5. The van der Waals surface area contributed by atoms with E-state index < -0.39 is 18.1 Å². The summed E-state index contributed by atoms with van der Waals surface area (Å²) in [5.74, 6) is -5.99. The predicted molar refractivity (Wildman–Crippen MR) is 88.9 cm³/mol. The second kappa shape index (κ2) is 8.26. The molecule has 0 saturated carbocycles. The van der Waals surface area contributed by atoms with E-state index in [2.05, 4.69) is 5.10 Å². The molecule has 0 atom stereocenters. The quantitative estimate of drug-likeness (QED) is 0.268. The number of hydrogen-bond donors (Lipinski definition) is 1. The summed E-state index contributed by atoms with van der Waals surface area (Å²) in [4.78, 5) is 0. The molecule has 11 heteroatoms. The number of nitrogens with zero attached hydrogens (tertiary/aromatic N) is 1. The van der Waals surface area contributed by atoms with Crippen molar-refractivity contribution in [3.63, 3.8) is 0 Å². The Labute approximate surface area is 159 Å². The molecule has 0 fully saturated rings. The van der Waals surface area contributed by atoms with E-state index in [1.165, 1.54) is 24.3 Å². The van der Waals surface area contributed by atoms with Gasteiger partial charge in [0.05, 0.1) is 6.21 Å². The molecule has 0 saturated heterocycles. The zero-order valence-electron chi connectivity index (χ0n) is 13.8. The number of rotatable bonds is 7. The highest BCUT2D eigenvalue weighted by Crippen LogP contribution is 2.44. The third kappa shape index (κ3) is 5.28. The molecule has 2 rings (SSSR count). The van der Waals surface area contributed by atoms with Gasteiger partial charge in [0.15, 0.2) is 0 Å². The summed E-state index contributed by atoms with van der Waals surface area (Å²) in [5.41, 5.74) is 1.47. The van der Waals surface area contributed by atoms with Crippen molar-refractivity contribution in [1.29, 1.82) is 0 Å². The molecular weight excluding hydrogens is 417 g/mol. The number of ether oxygens (including phenoxy) is 1. The summed E-state index contributed by atoms with van der Waals surface area (Å²) >= 11 is 5.76. The summed E-state index contributed by atoms with van der Waals surface area (Å²) in [7, 11) is 0. The van der Waals surface area contributed by atoms with Gasteiger partial charge in [-0.1, -0.05) is 35.9 Å². The van der Waals surface area contributed by atoms with Gasteiger partial charge in [0.25, 0.3) is 0 Å². The molecular formula is C17H12ClF7N2O. The van der Waals surface area contributed by atoms with Gasteiger partial charge < -0.3 is 4.74 Å². The van der Waals surface area contributed by atoms with Crippen molar-refractivity contribution in [2.24, 2.45) is 5.10 Å². The molecule has 2 aromatic carbocycles. The van der Waals surface area contributed by atoms with Gasteiger partial charge in [-0.3, -0.25) is 0 Å². The molecule has 0 amide bonds. The van der Waals surface area contributed by atoms with Gasteiger partial charge in [-0.25, -0.2) is 5.43 Å². The second-order valence-electron chi connectivity index (χ2n) is 5.50. The zero-order chi connectivity index (χ0) is 21.0. The molecule has 152 valence electrons. The molecule has 1 N–H and O–H groups in total. The highest BCUT2D eigenvalue weighted by atomic mass is 35.5. The molecule has 2 aromatic rings. The Morgan fingerprint density at radius 2 is 1.61 bits per heavy atom. The minimum atomic E-state index is -6.44. The van der Waals surface area contributed by atoms with Gasteiger partial charge >= 0.3 is 18.1 Å². The number of benzene rings is 2. The average Bonchev–Trinajstić information content (AvgIpc) is 2.60. The van der Waals surface area contributed by atoms with Crippen LogP contribution in [0.5, 0.6) is 5.75 Å². The number of hydrazone groups is 1. The van der Waals surface area contributed by atoms with Gasteiger partial charge in [0, 0.05) is 5.02 Å². The van der Waals surface area contributed by atoms with Crippen molar-refractivity contribution in [2.45, 2.75) is 24.8 Å². The van der Waals surface area contributed by atoms with E-state index in [0.29, 0.717) is 22.4 Å². The van der Waals surface area contributed by atoms with Gasteiger partial charge in [-0.2, -0.15) is 35.8 Å². The first-order valence-electron chi connectivity index (χ1n) is 7.52. The number of nitrogens with one attached hydrogen (secondary N) is 1. The lowest BCUT2D eigenvalue weighted by molar-refractivity contribution is -0.361. The van der Waals surface area contributed by atoms with Crippen molar-refractivity contribution in [2.75, 3.05) is 0 Å². The maximum absolute atomic E-state index is 13.1. The van der Waals surface area contributed by atoms with Crippen LogP contribution in [0.1, 0.15) is 11.1 Å². The second-order valence-corrected chi connectivity index (χ2v) is 5.94. The van der Waals surface area contributed by atoms with Crippen LogP contribution in [0.3, 0.4) is 0 Å². The molecule has 0 aliphatic rings. The summed E-state index contributed by atoms with van der Waals surface area (Å²) in [6.07, 6.45) is -5.77. The lowest BCUT2D eigenvalue weighted by Gasteiger charge is -2.27. The van der Waals surface area contributed by atoms with Crippen molar-refractivity contribution < 1.29 is 35.5 Å². The monoisotopic (exact) mass is 428 g/mol. The van der Waals surface area contributed by atoms with Crippen molar-refractivity contribution >= 4 is 17.8 Å². The summed E-state index contributed by atoms with van der Waals surface area (Å²) < 4.78 is 93.2. The molecule has 0 aliphatic heterocycles. The van der Waals surface area contributed by atoms with E-state index in [1.807, 2.05) is 0 Å². The fourth-order valence-corrected chi connectivity index (χ4v) is 1.99. The predicted octanol–water partition coefficient (Wildman–Crippen LogP) is 5.63. The maximum Gasteiger partial charge on any atom is 0.462 e. The molecule has 0 heterocycles. The van der Waals surface area contributed by atoms with E-state index in [-0.39, 0.29) is 12.2 Å². The van der Waals surface area contributed by atoms with E-state index in [0.717, 1.165) is 5.56 Å². The molecule has 0 bridgehead atoms. The molecule has 28 heavy (non-hydrogen) atoms. The average molecular weight is 429 g/mol. The van der Waals surface area contributed by atoms with Gasteiger partial charge in [0.2, 0.25) is 0 Å². The summed E-state index contributed by atoms with van der Waals surface area (Å²) in [6.45, 7) is 0.159. The molecule has 0 radical (unpaired) electrons. The van der Waals surface area contributed by atoms with Gasteiger partial charge in [0.1, 0.15) is 12.4 Å². The van der Waals surface area contributed by atoms with E-state index in [4.69, 9.17) is 16.3 Å². The number of halogens is 8. The smallest absolute Gasteiger partial charge is 0.462 e. The first kappa shape index (κ1) is 21.8. The topological polar surface area (TPSA) is 33.6 Å². The van der Waals surface area contributed by atoms with Crippen LogP contribution in [-0.2, 0) is 6.61 Å². The summed E-state index contributed by atoms with van der Waals surface area (Å²) in [5, 5.41) is 3.33. The lowest BCUT2D eigenvalue weighted by atomic mass is 10.2. The van der Waals surface area contributed by atoms with Crippen LogP contribution in [0.4, 0.5) is 30.7 Å². The Bertz CT molecular complexity index is 823. The molecule has 0 spiro atoms. The Hall–Kier alpha value is -2.49. The maximum atomic E-state index is 13.1. The largest absolute Gasteiger partial charge is 0.489 e. The molecule has 0 aromatic heterocycles. The normalized spacial score (nSPS) is 13.0. The fraction of sp³-hybridized carbons (Fsp3) is 0.235. The molecule has 0 unspecified atom stereocenters. The van der Waals surface area contributed by atoms with Crippen LogP contribution in [0.25, 0.3) is 0 Å². The highest BCUT2D eigenvalue weighted by molar-refractivity contribution is 6.30. The van der Waals surface area contributed by atoms with Gasteiger partial charge in [-0.15, -0.1) is 0 Å². The Kier molecular flexibility index (Phi) is 6.43. The SMILES string of the molecule is FC(F)(F)C(F)(F)C(F)(F)N/N=C\c1cccc(OCc2ccc(Cl)cc2)c1. The molecule has 0 aliphatic carbocycles. The first-order chi connectivity index (χ1) is 12.9. The van der Waals surface area contributed by atoms with Gasteiger partial charge in [-0.05, 0) is 35.4 Å². The van der Waals surface area contributed by atoms with Crippen LogP contribution >= 0.6 is 11.6 Å². The highest BCUT2D eigenvalue weighted by Gasteiger charge is 2.73. The van der Waals surface area contributed by atoms with Crippen molar-refractivity contribution in [1.82, 2.24) is 5.43 Å². The van der Waals surface area contributed by atoms with Crippen LogP contribution in [-0.4, -0.2) is 24.4 Å². The Morgan fingerprint density at radius 1 is 0.964 bits per heavy atom. The van der Waals surface area contributed by atoms with E-state index in [1.54, 1.807) is 24.3 Å². The first-order valence-corrected chi connectivity index (χ1v) is 7.90. The third-order valence-electron chi connectivity index (χ3n) is 3.35. The fourth-order valence-electron chi connectivity index (χ4n) is 1.87. The molecule has 3 nitrogen and oxygen atoms in total. The number of alkyl halides is 7.